The van der Waals surface area contributed by atoms with E-state index in [1.807, 2.05) is 12.1 Å². The molecule has 1 aromatic carbocycles. The van der Waals surface area contributed by atoms with E-state index in [9.17, 15) is 4.79 Å². The molecule has 0 saturated heterocycles. The van der Waals surface area contributed by atoms with Crippen molar-refractivity contribution in [1.82, 2.24) is 0 Å². The second-order valence-corrected chi connectivity index (χ2v) is 2.62. The first kappa shape index (κ1) is 9.84. The van der Waals surface area contributed by atoms with Crippen LogP contribution in [0, 0.1) is 0 Å². The second-order valence-electron chi connectivity index (χ2n) is 2.62. The molecule has 66 valence electrons. The van der Waals surface area contributed by atoms with Gasteiger partial charge in [0.1, 0.15) is 0 Å². The van der Waals surface area contributed by atoms with Gasteiger partial charge in [0.2, 0.25) is 0 Å². The second kappa shape index (κ2) is 4.70. The third-order valence-corrected chi connectivity index (χ3v) is 1.70. The van der Waals surface area contributed by atoms with Crippen LogP contribution in [-0.4, -0.2) is 20.4 Å². The fourth-order valence-corrected chi connectivity index (χ4v) is 0.991. The third kappa shape index (κ3) is 2.62. The Morgan fingerprint density at radius 2 is 2.00 bits per heavy atom. The van der Waals surface area contributed by atoms with E-state index in [2.05, 4.69) is 0 Å². The first-order chi connectivity index (χ1) is 6.27. The quantitative estimate of drug-likeness (QED) is 0.513. The smallest absolute Gasteiger partial charge is 0.338 e. The highest BCUT2D eigenvalue weighted by atomic mass is 16.5. The first-order valence-corrected chi connectivity index (χ1v) is 4.24. The molecule has 1 aromatic rings. The summed E-state index contributed by atoms with van der Waals surface area (Å²) in [7, 11) is 5.42. The fraction of sp³-hybridized carbons (Fsp3) is 0.300. The molecule has 3 heteroatoms. The van der Waals surface area contributed by atoms with Crippen LogP contribution >= 0.6 is 0 Å². The highest BCUT2D eigenvalue weighted by molar-refractivity contribution is 6.08. The Labute approximate surface area is 79.3 Å². The number of hydrogen-bond acceptors (Lipinski definition) is 2. The molecule has 0 heterocycles. The van der Waals surface area contributed by atoms with Crippen LogP contribution in [0.2, 0.25) is 0 Å². The molecule has 13 heavy (non-hydrogen) atoms. The van der Waals surface area contributed by atoms with Crippen LogP contribution in [0.5, 0.6) is 0 Å². The molecule has 1 rings (SSSR count). The number of carbonyl (C=O) groups is 1. The molecule has 0 atom stereocenters. The van der Waals surface area contributed by atoms with E-state index >= 15 is 0 Å². The maximum atomic E-state index is 11.2. The molecule has 0 spiro atoms. The van der Waals surface area contributed by atoms with E-state index in [1.54, 1.807) is 19.1 Å². The van der Waals surface area contributed by atoms with Crippen molar-refractivity contribution in [2.75, 3.05) is 6.61 Å². The lowest BCUT2D eigenvalue weighted by Gasteiger charge is -2.02. The number of hydrogen-bond donors (Lipinski definition) is 0. The Balaban J connectivity index is 2.74. The molecule has 0 aliphatic rings. The van der Waals surface area contributed by atoms with Gasteiger partial charge in [-0.3, -0.25) is 0 Å². The van der Waals surface area contributed by atoms with Gasteiger partial charge in [0.15, 0.2) is 0 Å². The summed E-state index contributed by atoms with van der Waals surface area (Å²) in [6, 6.07) is 7.10. The van der Waals surface area contributed by atoms with Crippen molar-refractivity contribution in [3.63, 3.8) is 0 Å². The SMILES string of the molecule is [B]Cc1ccc(C(=O)OCC)cc1. The average molecular weight is 174 g/mol. The number of benzene rings is 1. The van der Waals surface area contributed by atoms with Gasteiger partial charge in [-0.1, -0.05) is 24.0 Å². The summed E-state index contributed by atoms with van der Waals surface area (Å²) in [4.78, 5) is 11.2. The lowest BCUT2D eigenvalue weighted by Crippen LogP contribution is -2.04. The standard InChI is InChI=1S/C10H11BO2/c1-2-13-10(12)9-5-3-8(7-11)4-6-9/h3-6H,2,7H2,1H3. The first-order valence-electron chi connectivity index (χ1n) is 4.24. The summed E-state index contributed by atoms with van der Waals surface area (Å²) in [6.45, 7) is 2.18. The molecule has 0 bridgehead atoms. The van der Waals surface area contributed by atoms with Crippen LogP contribution in [0.1, 0.15) is 22.8 Å². The lowest BCUT2D eigenvalue weighted by molar-refractivity contribution is 0.0526. The molecule has 0 aliphatic heterocycles. The topological polar surface area (TPSA) is 26.3 Å². The van der Waals surface area contributed by atoms with E-state index in [4.69, 9.17) is 12.6 Å². The van der Waals surface area contributed by atoms with Gasteiger partial charge in [0.25, 0.3) is 0 Å². The summed E-state index contributed by atoms with van der Waals surface area (Å²) in [5.74, 6) is -0.286. The maximum Gasteiger partial charge on any atom is 0.338 e. The minimum Gasteiger partial charge on any atom is -0.462 e. The van der Waals surface area contributed by atoms with Gasteiger partial charge >= 0.3 is 5.97 Å². The average Bonchev–Trinajstić information content (AvgIpc) is 2.18. The maximum absolute atomic E-state index is 11.2. The van der Waals surface area contributed by atoms with Crippen LogP contribution in [0.4, 0.5) is 0 Å². The van der Waals surface area contributed by atoms with Crippen molar-refractivity contribution in [3.8, 4) is 0 Å². The van der Waals surface area contributed by atoms with Crippen molar-refractivity contribution < 1.29 is 9.53 Å². The minimum absolute atomic E-state index is 0.286. The van der Waals surface area contributed by atoms with E-state index < -0.39 is 0 Å². The molecule has 2 nitrogen and oxygen atoms in total. The van der Waals surface area contributed by atoms with Crippen LogP contribution in [-0.2, 0) is 11.1 Å². The fourth-order valence-electron chi connectivity index (χ4n) is 0.991. The van der Waals surface area contributed by atoms with Crippen molar-refractivity contribution in [2.45, 2.75) is 13.2 Å². The van der Waals surface area contributed by atoms with Crippen LogP contribution in [0.25, 0.3) is 0 Å². The number of esters is 1. The van der Waals surface area contributed by atoms with E-state index in [0.29, 0.717) is 18.5 Å². The number of carbonyl (C=O) groups excluding carboxylic acids is 1. The van der Waals surface area contributed by atoms with Gasteiger partial charge in [0.05, 0.1) is 20.0 Å². The molecule has 0 amide bonds. The highest BCUT2D eigenvalue weighted by Gasteiger charge is 2.04. The van der Waals surface area contributed by atoms with Crippen molar-refractivity contribution in [2.24, 2.45) is 0 Å². The molecule has 0 saturated carbocycles. The number of rotatable bonds is 3. The molecule has 0 N–H and O–H groups in total. The van der Waals surface area contributed by atoms with E-state index in [1.165, 1.54) is 0 Å². The van der Waals surface area contributed by atoms with Crippen LogP contribution < -0.4 is 0 Å². The Morgan fingerprint density at radius 1 is 1.38 bits per heavy atom. The molecule has 0 fully saturated rings. The lowest BCUT2D eigenvalue weighted by atomic mass is 9.96. The molecule has 0 aliphatic carbocycles. The summed E-state index contributed by atoms with van der Waals surface area (Å²) in [5.41, 5.74) is 1.58. The van der Waals surface area contributed by atoms with Crippen molar-refractivity contribution >= 4 is 13.8 Å². The number of ether oxygens (including phenoxy) is 1. The van der Waals surface area contributed by atoms with Gasteiger partial charge in [-0.15, -0.1) is 0 Å². The van der Waals surface area contributed by atoms with Crippen molar-refractivity contribution in [3.05, 3.63) is 35.4 Å². The molecule has 2 radical (unpaired) electrons. The third-order valence-electron chi connectivity index (χ3n) is 1.70. The van der Waals surface area contributed by atoms with Gasteiger partial charge in [0, 0.05) is 0 Å². The Bertz CT molecular complexity index is 279. The Kier molecular flexibility index (Phi) is 3.56. The largest absolute Gasteiger partial charge is 0.462 e. The van der Waals surface area contributed by atoms with Gasteiger partial charge in [-0.2, -0.15) is 0 Å². The van der Waals surface area contributed by atoms with E-state index in [0.717, 1.165) is 5.56 Å². The van der Waals surface area contributed by atoms with Crippen LogP contribution in [0.15, 0.2) is 24.3 Å². The Morgan fingerprint density at radius 3 is 2.46 bits per heavy atom. The molecular formula is C10H11BO2. The summed E-state index contributed by atoms with van der Waals surface area (Å²) in [6.07, 6.45) is 0.489. The summed E-state index contributed by atoms with van der Waals surface area (Å²) < 4.78 is 4.83. The zero-order valence-electron chi connectivity index (χ0n) is 7.62. The summed E-state index contributed by atoms with van der Waals surface area (Å²) >= 11 is 0. The minimum atomic E-state index is -0.286. The highest BCUT2D eigenvalue weighted by Crippen LogP contribution is 2.05. The molecular weight excluding hydrogens is 163 g/mol. The molecule has 0 aromatic heterocycles. The van der Waals surface area contributed by atoms with Gasteiger partial charge < -0.3 is 4.74 Å². The summed E-state index contributed by atoms with van der Waals surface area (Å²) in [5, 5.41) is 0. The zero-order valence-corrected chi connectivity index (χ0v) is 7.62. The van der Waals surface area contributed by atoms with Gasteiger partial charge in [-0.05, 0) is 19.1 Å². The van der Waals surface area contributed by atoms with Crippen molar-refractivity contribution in [1.29, 1.82) is 0 Å². The van der Waals surface area contributed by atoms with Gasteiger partial charge in [-0.25, -0.2) is 4.79 Å². The van der Waals surface area contributed by atoms with Crippen LogP contribution in [0.3, 0.4) is 0 Å². The predicted molar refractivity (Wildman–Crippen MR) is 51.9 cm³/mol. The monoisotopic (exact) mass is 174 g/mol. The zero-order chi connectivity index (χ0) is 9.68. The normalized spacial score (nSPS) is 9.62. The Hall–Kier alpha value is -1.25. The predicted octanol–water partition coefficient (Wildman–Crippen LogP) is 1.53. The molecule has 0 unspecified atom stereocenters. The van der Waals surface area contributed by atoms with E-state index in [-0.39, 0.29) is 5.97 Å².